The molecule has 0 radical (unpaired) electrons. The van der Waals surface area contributed by atoms with Crippen molar-refractivity contribution in [3.8, 4) is 12.3 Å². The zero-order chi connectivity index (χ0) is 15.8. The molecular formula is C14H11F3N2OS. The molecule has 110 valence electrons. The molecule has 3 N–H and O–H groups in total. The largest absolute Gasteiger partial charge is 0.416 e. The number of anilines is 1. The number of hydrogen-bond donors (Lipinski definition) is 2. The van der Waals surface area contributed by atoms with Crippen LogP contribution in [-0.2, 0) is 6.18 Å². The van der Waals surface area contributed by atoms with E-state index < -0.39 is 23.7 Å². The van der Waals surface area contributed by atoms with Crippen molar-refractivity contribution in [2.24, 2.45) is 0 Å². The highest BCUT2D eigenvalue weighted by atomic mass is 32.1. The number of rotatable bonds is 2. The molecular weight excluding hydrogens is 301 g/mol. The zero-order valence-corrected chi connectivity index (χ0v) is 11.7. The molecule has 0 aliphatic heterocycles. The Hall–Kier alpha value is -2.20. The van der Waals surface area contributed by atoms with Gasteiger partial charge in [0.25, 0.3) is 5.91 Å². The third-order valence-corrected chi connectivity index (χ3v) is 4.04. The third-order valence-electron chi connectivity index (χ3n) is 2.86. The molecule has 1 aromatic heterocycles. The van der Waals surface area contributed by atoms with Gasteiger partial charge in [0.1, 0.15) is 4.88 Å². The Morgan fingerprint density at radius 3 is 2.71 bits per heavy atom. The fourth-order valence-corrected chi connectivity index (χ4v) is 2.77. The minimum Gasteiger partial charge on any atom is -0.397 e. The second kappa shape index (κ2) is 5.30. The summed E-state index contributed by atoms with van der Waals surface area (Å²) in [5.74, 6) is 1.84. The molecule has 1 unspecified atom stereocenters. The lowest BCUT2D eigenvalue weighted by atomic mass is 10.1. The number of nitrogens with one attached hydrogen (secondary N) is 1. The Bertz CT molecular complexity index is 743. The monoisotopic (exact) mass is 312 g/mol. The maximum absolute atomic E-state index is 12.7. The molecule has 0 saturated carbocycles. The van der Waals surface area contributed by atoms with Crippen molar-refractivity contribution in [2.75, 3.05) is 5.73 Å². The van der Waals surface area contributed by atoms with Gasteiger partial charge in [0.15, 0.2) is 0 Å². The Kier molecular flexibility index (Phi) is 3.83. The SMILES string of the molecule is C#CC(C)NC(=O)c1sc2ccc(C(F)(F)F)cc2c1N. The Balaban J connectivity index is 2.47. The Labute approximate surface area is 122 Å². The van der Waals surface area contributed by atoms with Crippen molar-refractivity contribution >= 4 is 33.0 Å². The first-order valence-electron chi connectivity index (χ1n) is 5.90. The smallest absolute Gasteiger partial charge is 0.397 e. The molecule has 1 amide bonds. The van der Waals surface area contributed by atoms with Crippen LogP contribution in [0.1, 0.15) is 22.2 Å². The third kappa shape index (κ3) is 2.95. The summed E-state index contributed by atoms with van der Waals surface area (Å²) >= 11 is 1.03. The number of halogens is 3. The lowest BCUT2D eigenvalue weighted by molar-refractivity contribution is -0.137. The summed E-state index contributed by atoms with van der Waals surface area (Å²) < 4.78 is 38.6. The summed E-state index contributed by atoms with van der Waals surface area (Å²) in [6.07, 6.45) is 0.706. The summed E-state index contributed by atoms with van der Waals surface area (Å²) in [6.45, 7) is 1.61. The van der Waals surface area contributed by atoms with Crippen molar-refractivity contribution in [1.82, 2.24) is 5.32 Å². The molecule has 1 heterocycles. The molecule has 0 aliphatic rings. The first-order valence-corrected chi connectivity index (χ1v) is 6.72. The Morgan fingerprint density at radius 2 is 2.14 bits per heavy atom. The predicted octanol–water partition coefficient (Wildman–Crippen LogP) is 3.25. The van der Waals surface area contributed by atoms with Crippen LogP contribution in [0.15, 0.2) is 18.2 Å². The quantitative estimate of drug-likeness (QED) is 0.836. The van der Waals surface area contributed by atoms with E-state index in [-0.39, 0.29) is 16.0 Å². The van der Waals surface area contributed by atoms with Gasteiger partial charge in [-0.3, -0.25) is 4.79 Å². The lowest BCUT2D eigenvalue weighted by Gasteiger charge is -2.07. The van der Waals surface area contributed by atoms with Crippen molar-refractivity contribution < 1.29 is 18.0 Å². The van der Waals surface area contributed by atoms with Gasteiger partial charge in [-0.15, -0.1) is 17.8 Å². The second-order valence-electron chi connectivity index (χ2n) is 4.42. The van der Waals surface area contributed by atoms with Crippen molar-refractivity contribution in [1.29, 1.82) is 0 Å². The molecule has 0 aliphatic carbocycles. The predicted molar refractivity (Wildman–Crippen MR) is 77.0 cm³/mol. The van der Waals surface area contributed by atoms with E-state index in [0.29, 0.717) is 4.70 Å². The van der Waals surface area contributed by atoms with Crippen LogP contribution in [0.5, 0.6) is 0 Å². The fraction of sp³-hybridized carbons (Fsp3) is 0.214. The highest BCUT2D eigenvalue weighted by molar-refractivity contribution is 7.21. The van der Waals surface area contributed by atoms with Gasteiger partial charge in [-0.1, -0.05) is 5.92 Å². The van der Waals surface area contributed by atoms with Gasteiger partial charge in [-0.05, 0) is 25.1 Å². The number of amides is 1. The highest BCUT2D eigenvalue weighted by Gasteiger charge is 2.31. The van der Waals surface area contributed by atoms with Gasteiger partial charge in [-0.2, -0.15) is 13.2 Å². The lowest BCUT2D eigenvalue weighted by Crippen LogP contribution is -2.31. The molecule has 0 bridgehead atoms. The van der Waals surface area contributed by atoms with Crippen LogP contribution in [0.3, 0.4) is 0 Å². The van der Waals surface area contributed by atoms with Crippen LogP contribution < -0.4 is 11.1 Å². The van der Waals surface area contributed by atoms with E-state index in [4.69, 9.17) is 12.2 Å². The standard InChI is InChI=1S/C14H11F3N2OS/c1-3-7(2)19-13(20)12-11(18)9-6-8(14(15,16)17)4-5-10(9)21-12/h1,4-7H,18H2,2H3,(H,19,20). The molecule has 1 aromatic carbocycles. The highest BCUT2D eigenvalue weighted by Crippen LogP contribution is 2.38. The maximum atomic E-state index is 12.7. The van der Waals surface area contributed by atoms with Gasteiger partial charge < -0.3 is 11.1 Å². The zero-order valence-electron chi connectivity index (χ0n) is 10.9. The van der Waals surface area contributed by atoms with Crippen LogP contribution in [0, 0.1) is 12.3 Å². The van der Waals surface area contributed by atoms with E-state index >= 15 is 0 Å². The van der Waals surface area contributed by atoms with Crippen LogP contribution >= 0.6 is 11.3 Å². The molecule has 0 saturated heterocycles. The molecule has 2 aromatic rings. The number of nitrogen functional groups attached to an aromatic ring is 1. The number of carbonyl (C=O) groups excluding carboxylic acids is 1. The van der Waals surface area contributed by atoms with E-state index in [2.05, 4.69) is 11.2 Å². The van der Waals surface area contributed by atoms with Gasteiger partial charge >= 0.3 is 6.18 Å². The first kappa shape index (κ1) is 15.2. The number of terminal acetylenes is 1. The molecule has 21 heavy (non-hydrogen) atoms. The molecule has 3 nitrogen and oxygen atoms in total. The summed E-state index contributed by atoms with van der Waals surface area (Å²) in [4.78, 5) is 12.1. The average molecular weight is 312 g/mol. The minimum atomic E-state index is -4.46. The van der Waals surface area contributed by atoms with Gasteiger partial charge in [0.05, 0.1) is 17.3 Å². The van der Waals surface area contributed by atoms with Crippen LogP contribution in [0.2, 0.25) is 0 Å². The van der Waals surface area contributed by atoms with Crippen molar-refractivity contribution in [3.63, 3.8) is 0 Å². The van der Waals surface area contributed by atoms with Crippen LogP contribution in [0.25, 0.3) is 10.1 Å². The second-order valence-corrected chi connectivity index (χ2v) is 5.47. The molecule has 1 atom stereocenters. The number of alkyl halides is 3. The first-order chi connectivity index (χ1) is 9.74. The minimum absolute atomic E-state index is 0.0304. The van der Waals surface area contributed by atoms with Crippen molar-refractivity contribution in [2.45, 2.75) is 19.1 Å². The number of fused-ring (bicyclic) bond motifs is 1. The topological polar surface area (TPSA) is 55.1 Å². The molecule has 0 spiro atoms. The van der Waals surface area contributed by atoms with E-state index in [0.717, 1.165) is 23.5 Å². The number of benzene rings is 1. The van der Waals surface area contributed by atoms with Gasteiger partial charge in [0, 0.05) is 10.1 Å². The summed E-state index contributed by atoms with van der Waals surface area (Å²) in [5, 5.41) is 2.74. The van der Waals surface area contributed by atoms with E-state index in [9.17, 15) is 18.0 Å². The van der Waals surface area contributed by atoms with Crippen LogP contribution in [0.4, 0.5) is 18.9 Å². The fourth-order valence-electron chi connectivity index (χ4n) is 1.77. The summed E-state index contributed by atoms with van der Waals surface area (Å²) in [6, 6.07) is 2.72. The molecule has 2 rings (SSSR count). The van der Waals surface area contributed by atoms with Gasteiger partial charge in [0.2, 0.25) is 0 Å². The van der Waals surface area contributed by atoms with Crippen LogP contribution in [-0.4, -0.2) is 11.9 Å². The molecule has 7 heteroatoms. The maximum Gasteiger partial charge on any atom is 0.416 e. The number of hydrogen-bond acceptors (Lipinski definition) is 3. The summed E-state index contributed by atoms with van der Waals surface area (Å²) in [7, 11) is 0. The number of thiophene rings is 1. The average Bonchev–Trinajstić information content (AvgIpc) is 2.74. The normalized spacial score (nSPS) is 12.9. The molecule has 0 fully saturated rings. The Morgan fingerprint density at radius 1 is 1.48 bits per heavy atom. The van der Waals surface area contributed by atoms with E-state index in [1.54, 1.807) is 6.92 Å². The van der Waals surface area contributed by atoms with Gasteiger partial charge in [-0.25, -0.2) is 0 Å². The number of carbonyl (C=O) groups is 1. The summed E-state index contributed by atoms with van der Waals surface area (Å²) in [5.41, 5.74) is 5.03. The van der Waals surface area contributed by atoms with E-state index in [1.807, 2.05) is 0 Å². The number of nitrogens with two attached hydrogens (primary N) is 1. The van der Waals surface area contributed by atoms with Crippen molar-refractivity contribution in [3.05, 3.63) is 28.6 Å². The van der Waals surface area contributed by atoms with E-state index in [1.165, 1.54) is 6.07 Å².